The maximum atomic E-state index is 12.2. The van der Waals surface area contributed by atoms with Gasteiger partial charge in [-0.15, -0.1) is 0 Å². The van der Waals surface area contributed by atoms with Crippen LogP contribution < -0.4 is 10.2 Å². The summed E-state index contributed by atoms with van der Waals surface area (Å²) in [5, 5.41) is 2.80. The van der Waals surface area contributed by atoms with Gasteiger partial charge in [0.25, 0.3) is 5.91 Å². The molecule has 1 heterocycles. The highest BCUT2D eigenvalue weighted by atomic mass is 79.9. The molecule has 1 N–H and O–H groups in total. The van der Waals surface area contributed by atoms with E-state index in [0.717, 1.165) is 15.8 Å². The summed E-state index contributed by atoms with van der Waals surface area (Å²) in [5.74, 6) is 0.332. The third-order valence-electron chi connectivity index (χ3n) is 3.61. The van der Waals surface area contributed by atoms with Crippen LogP contribution in [0.15, 0.2) is 77.4 Å². The second-order valence-corrected chi connectivity index (χ2v) is 6.18. The van der Waals surface area contributed by atoms with Gasteiger partial charge in [-0.1, -0.05) is 40.2 Å². The summed E-state index contributed by atoms with van der Waals surface area (Å²) >= 11 is 3.36. The highest BCUT2D eigenvalue weighted by Crippen LogP contribution is 2.23. The number of amides is 1. The van der Waals surface area contributed by atoms with Crippen molar-refractivity contribution in [2.24, 2.45) is 0 Å². The Bertz CT molecular complexity index is 835. The molecule has 1 amide bonds. The van der Waals surface area contributed by atoms with Crippen LogP contribution in [0.1, 0.15) is 10.4 Å². The lowest BCUT2D eigenvalue weighted by Crippen LogP contribution is -2.14. The molecule has 0 spiro atoms. The number of benzene rings is 2. The summed E-state index contributed by atoms with van der Waals surface area (Å²) in [7, 11) is 1.98. The third kappa shape index (κ3) is 3.81. The van der Waals surface area contributed by atoms with Gasteiger partial charge in [-0.05, 0) is 42.5 Å². The monoisotopic (exact) mass is 381 g/mol. The van der Waals surface area contributed by atoms with E-state index < -0.39 is 0 Å². The van der Waals surface area contributed by atoms with Crippen LogP contribution >= 0.6 is 15.9 Å². The first kappa shape index (κ1) is 16.2. The van der Waals surface area contributed by atoms with Crippen LogP contribution in [0, 0.1) is 0 Å². The van der Waals surface area contributed by atoms with Crippen LogP contribution in [0.5, 0.6) is 0 Å². The Hall–Kier alpha value is -2.66. The van der Waals surface area contributed by atoms with E-state index in [1.54, 1.807) is 24.4 Å². The molecule has 0 saturated heterocycles. The van der Waals surface area contributed by atoms with Crippen molar-refractivity contribution >= 4 is 39.0 Å². The fourth-order valence-corrected chi connectivity index (χ4v) is 2.68. The lowest BCUT2D eigenvalue weighted by atomic mass is 10.2. The number of hydrogen-bond donors (Lipinski definition) is 1. The summed E-state index contributed by atoms with van der Waals surface area (Å²) in [6, 6.07) is 21.0. The molecular formula is C19H16BrN3O. The first-order valence-corrected chi connectivity index (χ1v) is 8.24. The number of para-hydroxylation sites is 1. The van der Waals surface area contributed by atoms with Gasteiger partial charge in [0, 0.05) is 22.8 Å². The van der Waals surface area contributed by atoms with Gasteiger partial charge in [-0.25, -0.2) is 4.98 Å². The lowest BCUT2D eigenvalue weighted by Gasteiger charge is -2.19. The topological polar surface area (TPSA) is 45.2 Å². The number of carbonyl (C=O) groups excluding carboxylic acids is 1. The van der Waals surface area contributed by atoms with E-state index in [1.807, 2.05) is 60.5 Å². The van der Waals surface area contributed by atoms with Crippen LogP contribution in [-0.2, 0) is 0 Å². The van der Waals surface area contributed by atoms with Crippen molar-refractivity contribution in [2.75, 3.05) is 17.3 Å². The summed E-state index contributed by atoms with van der Waals surface area (Å²) < 4.78 is 0.864. The van der Waals surface area contributed by atoms with Gasteiger partial charge in [-0.2, -0.15) is 0 Å². The van der Waals surface area contributed by atoms with E-state index in [4.69, 9.17) is 0 Å². The zero-order valence-electron chi connectivity index (χ0n) is 13.1. The SMILES string of the molecule is CN(c1ccccc1)c1ccc(NC(=O)c2cccc(Br)c2)nc1. The molecule has 5 heteroatoms. The van der Waals surface area contributed by atoms with E-state index in [9.17, 15) is 4.79 Å². The summed E-state index contributed by atoms with van der Waals surface area (Å²) in [6.07, 6.45) is 1.74. The van der Waals surface area contributed by atoms with Crippen molar-refractivity contribution in [3.05, 3.63) is 83.0 Å². The molecule has 0 atom stereocenters. The van der Waals surface area contributed by atoms with Gasteiger partial charge in [0.2, 0.25) is 0 Å². The minimum Gasteiger partial charge on any atom is -0.343 e. The molecule has 0 aliphatic carbocycles. The van der Waals surface area contributed by atoms with Crippen molar-refractivity contribution < 1.29 is 4.79 Å². The average molecular weight is 382 g/mol. The highest BCUT2D eigenvalue weighted by molar-refractivity contribution is 9.10. The molecule has 120 valence electrons. The van der Waals surface area contributed by atoms with Crippen LogP contribution in [0.25, 0.3) is 0 Å². The molecular weight excluding hydrogens is 366 g/mol. The van der Waals surface area contributed by atoms with Crippen LogP contribution in [0.4, 0.5) is 17.2 Å². The molecule has 0 unspecified atom stereocenters. The molecule has 3 aromatic rings. The van der Waals surface area contributed by atoms with Crippen molar-refractivity contribution in [1.82, 2.24) is 4.98 Å². The molecule has 0 bridgehead atoms. The third-order valence-corrected chi connectivity index (χ3v) is 4.10. The first-order chi connectivity index (χ1) is 11.6. The van der Waals surface area contributed by atoms with Gasteiger partial charge in [0.15, 0.2) is 0 Å². The van der Waals surface area contributed by atoms with E-state index in [1.165, 1.54) is 0 Å². The zero-order chi connectivity index (χ0) is 16.9. The van der Waals surface area contributed by atoms with E-state index in [-0.39, 0.29) is 5.91 Å². The molecule has 0 radical (unpaired) electrons. The number of carbonyl (C=O) groups is 1. The maximum Gasteiger partial charge on any atom is 0.256 e. The quantitative estimate of drug-likeness (QED) is 0.701. The second-order valence-electron chi connectivity index (χ2n) is 5.26. The smallest absolute Gasteiger partial charge is 0.256 e. The standard InChI is InChI=1S/C19H16BrN3O/c1-23(16-8-3-2-4-9-16)17-10-11-18(21-13-17)22-19(24)14-6-5-7-15(20)12-14/h2-13H,1H3,(H,21,22,24). The summed E-state index contributed by atoms with van der Waals surface area (Å²) in [5.41, 5.74) is 2.60. The highest BCUT2D eigenvalue weighted by Gasteiger charge is 2.08. The minimum absolute atomic E-state index is 0.187. The molecule has 4 nitrogen and oxygen atoms in total. The molecule has 0 aliphatic heterocycles. The van der Waals surface area contributed by atoms with Gasteiger partial charge in [-0.3, -0.25) is 4.79 Å². The van der Waals surface area contributed by atoms with Crippen LogP contribution in [-0.4, -0.2) is 17.9 Å². The fourth-order valence-electron chi connectivity index (χ4n) is 2.28. The van der Waals surface area contributed by atoms with Crippen LogP contribution in [0.3, 0.4) is 0 Å². The average Bonchev–Trinajstić information content (AvgIpc) is 2.62. The predicted molar refractivity (Wildman–Crippen MR) is 101 cm³/mol. The molecule has 0 fully saturated rings. The van der Waals surface area contributed by atoms with E-state index >= 15 is 0 Å². The molecule has 1 aromatic heterocycles. The number of halogens is 1. The summed E-state index contributed by atoms with van der Waals surface area (Å²) in [4.78, 5) is 18.6. The van der Waals surface area contributed by atoms with E-state index in [2.05, 4.69) is 26.2 Å². The molecule has 3 rings (SSSR count). The summed E-state index contributed by atoms with van der Waals surface area (Å²) in [6.45, 7) is 0. The van der Waals surface area contributed by atoms with Crippen molar-refractivity contribution in [3.8, 4) is 0 Å². The Morgan fingerprint density at radius 1 is 1.00 bits per heavy atom. The largest absolute Gasteiger partial charge is 0.343 e. The zero-order valence-corrected chi connectivity index (χ0v) is 14.7. The Balaban J connectivity index is 1.72. The van der Waals surface area contributed by atoms with Gasteiger partial charge >= 0.3 is 0 Å². The number of anilines is 3. The van der Waals surface area contributed by atoms with Gasteiger partial charge < -0.3 is 10.2 Å². The van der Waals surface area contributed by atoms with Crippen molar-refractivity contribution in [1.29, 1.82) is 0 Å². The number of nitrogens with zero attached hydrogens (tertiary/aromatic N) is 2. The molecule has 0 aliphatic rings. The Labute approximate surface area is 149 Å². The van der Waals surface area contributed by atoms with Crippen LogP contribution in [0.2, 0.25) is 0 Å². The van der Waals surface area contributed by atoms with Crippen molar-refractivity contribution in [3.63, 3.8) is 0 Å². The number of aromatic nitrogens is 1. The number of pyridine rings is 1. The lowest BCUT2D eigenvalue weighted by molar-refractivity contribution is 0.102. The molecule has 2 aromatic carbocycles. The number of rotatable bonds is 4. The second kappa shape index (κ2) is 7.27. The van der Waals surface area contributed by atoms with Gasteiger partial charge in [0.1, 0.15) is 5.82 Å². The Morgan fingerprint density at radius 3 is 2.46 bits per heavy atom. The van der Waals surface area contributed by atoms with E-state index in [0.29, 0.717) is 11.4 Å². The minimum atomic E-state index is -0.187. The normalized spacial score (nSPS) is 10.2. The first-order valence-electron chi connectivity index (χ1n) is 7.45. The fraction of sp³-hybridized carbons (Fsp3) is 0.0526. The molecule has 0 saturated carbocycles. The van der Waals surface area contributed by atoms with Gasteiger partial charge in [0.05, 0.1) is 11.9 Å². The molecule has 24 heavy (non-hydrogen) atoms. The Kier molecular flexibility index (Phi) is 4.91. The van der Waals surface area contributed by atoms with Crippen molar-refractivity contribution in [2.45, 2.75) is 0 Å². The number of hydrogen-bond acceptors (Lipinski definition) is 3. The maximum absolute atomic E-state index is 12.2. The predicted octanol–water partition coefficient (Wildman–Crippen LogP) is 4.86. The number of nitrogens with one attached hydrogen (secondary N) is 1. The Morgan fingerprint density at radius 2 is 1.79 bits per heavy atom.